The van der Waals surface area contributed by atoms with Crippen LogP contribution in [0.15, 0.2) is 18.2 Å². The third-order valence-electron chi connectivity index (χ3n) is 6.62. The summed E-state index contributed by atoms with van der Waals surface area (Å²) in [7, 11) is 1.36. The van der Waals surface area contributed by atoms with Gasteiger partial charge in [-0.1, -0.05) is 0 Å². The first-order valence-electron chi connectivity index (χ1n) is 9.96. The lowest BCUT2D eigenvalue weighted by Crippen LogP contribution is -2.65. The first kappa shape index (κ1) is 19.9. The van der Waals surface area contributed by atoms with E-state index >= 15 is 0 Å². The molecule has 4 aliphatic carbocycles. The van der Waals surface area contributed by atoms with Gasteiger partial charge >= 0.3 is 6.61 Å². The van der Waals surface area contributed by atoms with E-state index in [2.05, 4.69) is 15.4 Å². The van der Waals surface area contributed by atoms with Crippen LogP contribution in [0.4, 0.5) is 14.5 Å². The fourth-order valence-corrected chi connectivity index (χ4v) is 6.25. The molecule has 0 aliphatic heterocycles. The van der Waals surface area contributed by atoms with E-state index < -0.39 is 12.0 Å². The Labute approximate surface area is 168 Å². The molecule has 1 aromatic carbocycles. The lowest BCUT2D eigenvalue weighted by molar-refractivity contribution is -0.148. The van der Waals surface area contributed by atoms with Crippen LogP contribution in [0.1, 0.15) is 45.4 Å². The van der Waals surface area contributed by atoms with Gasteiger partial charge in [-0.25, -0.2) is 0 Å². The molecule has 4 saturated carbocycles. The zero-order chi connectivity index (χ0) is 20.8. The zero-order valence-electron chi connectivity index (χ0n) is 16.6. The zero-order valence-corrected chi connectivity index (χ0v) is 16.6. The Morgan fingerprint density at radius 1 is 1.14 bits per heavy atom. The Morgan fingerprint density at radius 2 is 1.83 bits per heavy atom. The minimum atomic E-state index is -2.99. The van der Waals surface area contributed by atoms with Gasteiger partial charge < -0.3 is 20.1 Å². The average molecular weight is 408 g/mol. The van der Waals surface area contributed by atoms with Gasteiger partial charge in [0.15, 0.2) is 11.5 Å². The van der Waals surface area contributed by atoms with Crippen molar-refractivity contribution in [3.63, 3.8) is 0 Å². The van der Waals surface area contributed by atoms with Crippen molar-refractivity contribution in [1.29, 1.82) is 0 Å². The molecule has 0 spiro atoms. The van der Waals surface area contributed by atoms with E-state index in [-0.39, 0.29) is 28.9 Å². The minimum Gasteiger partial charge on any atom is -0.493 e. The molecule has 0 heterocycles. The minimum absolute atomic E-state index is 0.0635. The van der Waals surface area contributed by atoms with Crippen LogP contribution >= 0.6 is 0 Å². The van der Waals surface area contributed by atoms with Crippen LogP contribution in [0.2, 0.25) is 0 Å². The summed E-state index contributed by atoms with van der Waals surface area (Å²) in [6, 6.07) is 4.46. The van der Waals surface area contributed by atoms with Gasteiger partial charge in [-0.15, -0.1) is 0 Å². The van der Waals surface area contributed by atoms with Crippen LogP contribution in [0, 0.1) is 17.3 Å². The molecule has 0 aromatic heterocycles. The predicted molar refractivity (Wildman–Crippen MR) is 102 cm³/mol. The molecule has 2 amide bonds. The fraction of sp³-hybridized carbons (Fsp3) is 0.619. The molecule has 8 heteroatoms. The van der Waals surface area contributed by atoms with Gasteiger partial charge in [-0.3, -0.25) is 9.59 Å². The number of halogens is 2. The number of carbonyl (C=O) groups is 2. The van der Waals surface area contributed by atoms with Crippen LogP contribution < -0.4 is 20.1 Å². The van der Waals surface area contributed by atoms with Crippen molar-refractivity contribution in [3.8, 4) is 11.5 Å². The summed E-state index contributed by atoms with van der Waals surface area (Å²) >= 11 is 0. The summed E-state index contributed by atoms with van der Waals surface area (Å²) in [6.45, 7) is -1.47. The van der Waals surface area contributed by atoms with Gasteiger partial charge in [-0.2, -0.15) is 8.78 Å². The number of ether oxygens (including phenoxy) is 2. The number of alkyl halides is 2. The first-order chi connectivity index (χ1) is 13.7. The molecular formula is C21H26F2N2O4. The Morgan fingerprint density at radius 3 is 2.41 bits per heavy atom. The largest absolute Gasteiger partial charge is 0.493 e. The highest BCUT2D eigenvalue weighted by Gasteiger charge is 2.60. The lowest BCUT2D eigenvalue weighted by Gasteiger charge is -2.61. The van der Waals surface area contributed by atoms with Crippen molar-refractivity contribution in [2.75, 3.05) is 12.4 Å². The third-order valence-corrected chi connectivity index (χ3v) is 6.62. The lowest BCUT2D eigenvalue weighted by atomic mass is 9.46. The van der Waals surface area contributed by atoms with E-state index in [0.29, 0.717) is 23.9 Å². The Bertz CT molecular complexity index is 815. The number of benzene rings is 1. The molecule has 4 fully saturated rings. The van der Waals surface area contributed by atoms with Crippen molar-refractivity contribution in [3.05, 3.63) is 18.2 Å². The molecule has 6 nitrogen and oxygen atoms in total. The number of amides is 2. The molecule has 29 heavy (non-hydrogen) atoms. The monoisotopic (exact) mass is 408 g/mol. The maximum atomic E-state index is 13.3. The van der Waals surface area contributed by atoms with Gasteiger partial charge in [0.05, 0.1) is 12.5 Å². The van der Waals surface area contributed by atoms with Gasteiger partial charge in [-0.05, 0) is 62.5 Å². The second kappa shape index (κ2) is 7.15. The number of methoxy groups -OCH3 is 1. The van der Waals surface area contributed by atoms with Gasteiger partial charge in [0, 0.05) is 24.2 Å². The van der Waals surface area contributed by atoms with E-state index in [1.807, 2.05) is 0 Å². The first-order valence-corrected chi connectivity index (χ1v) is 9.96. The number of hydrogen-bond acceptors (Lipinski definition) is 4. The molecule has 2 N–H and O–H groups in total. The quantitative estimate of drug-likeness (QED) is 0.752. The average Bonchev–Trinajstić information content (AvgIpc) is 2.59. The summed E-state index contributed by atoms with van der Waals surface area (Å²) in [5.74, 6) is 0.703. The van der Waals surface area contributed by atoms with Crippen LogP contribution in [0.25, 0.3) is 0 Å². The number of nitrogens with one attached hydrogen (secondary N) is 2. The summed E-state index contributed by atoms with van der Waals surface area (Å²) in [6.07, 6.45) is 5.17. The van der Waals surface area contributed by atoms with Crippen molar-refractivity contribution in [2.24, 2.45) is 17.3 Å². The van der Waals surface area contributed by atoms with Crippen molar-refractivity contribution >= 4 is 17.5 Å². The normalized spacial score (nSPS) is 32.2. The van der Waals surface area contributed by atoms with Crippen molar-refractivity contribution in [2.45, 2.75) is 57.6 Å². The summed E-state index contributed by atoms with van der Waals surface area (Å²) in [5, 5.41) is 6.04. The van der Waals surface area contributed by atoms with E-state index in [0.717, 1.165) is 32.1 Å². The van der Waals surface area contributed by atoms with Crippen LogP contribution in [0.3, 0.4) is 0 Å². The van der Waals surface area contributed by atoms with Crippen molar-refractivity contribution < 1.29 is 27.8 Å². The van der Waals surface area contributed by atoms with E-state index in [4.69, 9.17) is 4.74 Å². The molecule has 2 atom stereocenters. The summed E-state index contributed by atoms with van der Waals surface area (Å²) in [4.78, 5) is 25.1. The molecule has 0 radical (unpaired) electrons. The highest BCUT2D eigenvalue weighted by atomic mass is 19.3. The number of carbonyl (C=O) groups excluding carboxylic acids is 2. The van der Waals surface area contributed by atoms with E-state index in [1.165, 1.54) is 26.2 Å². The number of anilines is 1. The Kier molecular flexibility index (Phi) is 4.91. The molecule has 1 aromatic rings. The van der Waals surface area contributed by atoms with Gasteiger partial charge in [0.1, 0.15) is 0 Å². The Balaban J connectivity index is 1.56. The SMILES string of the molecule is COc1ccc(NC(=O)C23CC4CC(CC(NC(C)=O)(C4)C2)C3)cc1OC(F)F. The molecule has 4 aliphatic rings. The highest BCUT2D eigenvalue weighted by molar-refractivity contribution is 5.96. The highest BCUT2D eigenvalue weighted by Crippen LogP contribution is 2.62. The summed E-state index contributed by atoms with van der Waals surface area (Å²) in [5.41, 5.74) is -0.469. The number of hydrogen-bond donors (Lipinski definition) is 2. The van der Waals surface area contributed by atoms with E-state index in [9.17, 15) is 18.4 Å². The number of rotatable bonds is 6. The van der Waals surface area contributed by atoms with Crippen LogP contribution in [-0.2, 0) is 9.59 Å². The third kappa shape index (κ3) is 3.76. The standard InChI is InChI=1S/C21H26F2N2O4/c1-12(26)25-21-9-13-5-14(10-21)8-20(7-13,11-21)18(27)24-15-3-4-16(28-2)17(6-15)29-19(22)23/h3-4,6,13-14,19H,5,7-11H2,1-2H3,(H,24,27)(H,25,26). The summed E-state index contributed by atoms with van der Waals surface area (Å²) < 4.78 is 34.9. The maximum Gasteiger partial charge on any atom is 0.387 e. The van der Waals surface area contributed by atoms with Gasteiger partial charge in [0.25, 0.3) is 0 Å². The van der Waals surface area contributed by atoms with Crippen LogP contribution in [-0.4, -0.2) is 31.1 Å². The van der Waals surface area contributed by atoms with Crippen molar-refractivity contribution in [1.82, 2.24) is 5.32 Å². The molecule has 5 rings (SSSR count). The topological polar surface area (TPSA) is 76.7 Å². The van der Waals surface area contributed by atoms with Gasteiger partial charge in [0.2, 0.25) is 11.8 Å². The van der Waals surface area contributed by atoms with Crippen LogP contribution in [0.5, 0.6) is 11.5 Å². The maximum absolute atomic E-state index is 13.3. The Hall–Kier alpha value is -2.38. The van der Waals surface area contributed by atoms with E-state index in [1.54, 1.807) is 6.07 Å². The second-order valence-electron chi connectivity index (χ2n) is 8.90. The molecule has 2 unspecified atom stereocenters. The fourth-order valence-electron chi connectivity index (χ4n) is 6.25. The molecular weight excluding hydrogens is 382 g/mol. The molecule has 4 bridgehead atoms. The molecule has 0 saturated heterocycles. The smallest absolute Gasteiger partial charge is 0.387 e. The molecule has 158 valence electrons. The second-order valence-corrected chi connectivity index (χ2v) is 8.90. The predicted octanol–water partition coefficient (Wildman–Crippen LogP) is 3.71.